The van der Waals surface area contributed by atoms with E-state index in [1.165, 1.54) is 17.6 Å². The maximum absolute atomic E-state index is 11.6. The summed E-state index contributed by atoms with van der Waals surface area (Å²) in [5, 5.41) is 7.68. The average molecular weight is 309 g/mol. The Balaban J connectivity index is 2.11. The van der Waals surface area contributed by atoms with E-state index in [0.29, 0.717) is 6.42 Å². The summed E-state index contributed by atoms with van der Waals surface area (Å²) in [6.07, 6.45) is 0.353. The standard InChI is InChI=1S/C15H19NO2S2/c1-10-6-8-20-15(10)11(2)16-12(9-14(17)18-3)13-5-4-7-19-13/h4-8,11-12,16H,9H2,1-3H3. The highest BCUT2D eigenvalue weighted by molar-refractivity contribution is 7.10. The van der Waals surface area contributed by atoms with Crippen LogP contribution in [0, 0.1) is 6.92 Å². The third kappa shape index (κ3) is 3.69. The predicted octanol–water partition coefficient (Wildman–Crippen LogP) is 4.07. The Morgan fingerprint density at radius 3 is 2.70 bits per heavy atom. The third-order valence-electron chi connectivity index (χ3n) is 3.23. The summed E-state index contributed by atoms with van der Waals surface area (Å²) < 4.78 is 4.80. The van der Waals surface area contributed by atoms with Crippen molar-refractivity contribution in [2.75, 3.05) is 7.11 Å². The quantitative estimate of drug-likeness (QED) is 0.817. The van der Waals surface area contributed by atoms with Gasteiger partial charge in [-0.3, -0.25) is 4.79 Å². The summed E-state index contributed by atoms with van der Waals surface area (Å²) in [4.78, 5) is 14.1. The highest BCUT2D eigenvalue weighted by Crippen LogP contribution is 2.29. The molecule has 0 aliphatic carbocycles. The Bertz CT molecular complexity index is 548. The van der Waals surface area contributed by atoms with Crippen molar-refractivity contribution in [2.24, 2.45) is 0 Å². The maximum atomic E-state index is 11.6. The highest BCUT2D eigenvalue weighted by atomic mass is 32.1. The number of hydrogen-bond donors (Lipinski definition) is 1. The van der Waals surface area contributed by atoms with Gasteiger partial charge in [0.1, 0.15) is 0 Å². The van der Waals surface area contributed by atoms with Gasteiger partial charge in [0.05, 0.1) is 19.6 Å². The molecule has 1 N–H and O–H groups in total. The number of carbonyl (C=O) groups is 1. The average Bonchev–Trinajstić information content (AvgIpc) is 3.08. The van der Waals surface area contributed by atoms with Crippen LogP contribution in [0.15, 0.2) is 29.0 Å². The Morgan fingerprint density at radius 1 is 1.35 bits per heavy atom. The molecule has 2 rings (SSSR count). The number of hydrogen-bond acceptors (Lipinski definition) is 5. The number of nitrogens with one attached hydrogen (secondary N) is 1. The lowest BCUT2D eigenvalue weighted by molar-refractivity contribution is -0.141. The summed E-state index contributed by atoms with van der Waals surface area (Å²) in [6.45, 7) is 4.25. The van der Waals surface area contributed by atoms with Gasteiger partial charge < -0.3 is 10.1 Å². The van der Waals surface area contributed by atoms with Crippen LogP contribution in [0.4, 0.5) is 0 Å². The molecule has 0 aliphatic heterocycles. The molecule has 0 saturated heterocycles. The van der Waals surface area contributed by atoms with E-state index in [1.807, 2.05) is 11.4 Å². The minimum Gasteiger partial charge on any atom is -0.469 e. The molecule has 3 nitrogen and oxygen atoms in total. The molecule has 0 amide bonds. The van der Waals surface area contributed by atoms with Gasteiger partial charge >= 0.3 is 5.97 Å². The zero-order chi connectivity index (χ0) is 14.5. The lowest BCUT2D eigenvalue weighted by Gasteiger charge is -2.21. The van der Waals surface area contributed by atoms with E-state index in [9.17, 15) is 4.79 Å². The van der Waals surface area contributed by atoms with Crippen LogP contribution in [-0.2, 0) is 9.53 Å². The summed E-state index contributed by atoms with van der Waals surface area (Å²) in [5.74, 6) is -0.189. The van der Waals surface area contributed by atoms with Crippen molar-refractivity contribution in [3.63, 3.8) is 0 Å². The topological polar surface area (TPSA) is 38.3 Å². The summed E-state index contributed by atoms with van der Waals surface area (Å²) in [5.41, 5.74) is 1.29. The zero-order valence-corrected chi connectivity index (χ0v) is 13.5. The van der Waals surface area contributed by atoms with Crippen LogP contribution in [0.5, 0.6) is 0 Å². The van der Waals surface area contributed by atoms with E-state index in [4.69, 9.17) is 4.74 Å². The van der Waals surface area contributed by atoms with Crippen molar-refractivity contribution in [3.05, 3.63) is 44.3 Å². The van der Waals surface area contributed by atoms with E-state index >= 15 is 0 Å². The van der Waals surface area contributed by atoms with Gasteiger partial charge in [0.2, 0.25) is 0 Å². The van der Waals surface area contributed by atoms with Gasteiger partial charge in [0.15, 0.2) is 0 Å². The third-order valence-corrected chi connectivity index (χ3v) is 5.42. The Morgan fingerprint density at radius 2 is 2.15 bits per heavy atom. The smallest absolute Gasteiger partial charge is 0.307 e. The van der Waals surface area contributed by atoms with Gasteiger partial charge in [-0.25, -0.2) is 0 Å². The maximum Gasteiger partial charge on any atom is 0.307 e. The van der Waals surface area contributed by atoms with Crippen molar-refractivity contribution in [1.29, 1.82) is 0 Å². The van der Waals surface area contributed by atoms with Crippen LogP contribution in [0.1, 0.15) is 40.7 Å². The van der Waals surface area contributed by atoms with Gasteiger partial charge in [-0.1, -0.05) is 6.07 Å². The monoisotopic (exact) mass is 309 g/mol. The van der Waals surface area contributed by atoms with Gasteiger partial charge in [-0.05, 0) is 42.3 Å². The van der Waals surface area contributed by atoms with Crippen molar-refractivity contribution >= 4 is 28.6 Å². The lowest BCUT2D eigenvalue weighted by atomic mass is 10.1. The van der Waals surface area contributed by atoms with Crippen molar-refractivity contribution in [2.45, 2.75) is 32.4 Å². The van der Waals surface area contributed by atoms with E-state index in [0.717, 1.165) is 4.88 Å². The van der Waals surface area contributed by atoms with Crippen LogP contribution in [-0.4, -0.2) is 13.1 Å². The molecule has 0 aromatic carbocycles. The first-order valence-electron chi connectivity index (χ1n) is 6.52. The van der Waals surface area contributed by atoms with Crippen LogP contribution >= 0.6 is 22.7 Å². The second-order valence-electron chi connectivity index (χ2n) is 4.70. The van der Waals surface area contributed by atoms with Crippen molar-refractivity contribution in [1.82, 2.24) is 5.32 Å². The normalized spacial score (nSPS) is 13.9. The SMILES string of the molecule is COC(=O)CC(NC(C)c1sccc1C)c1cccs1. The first-order chi connectivity index (χ1) is 9.61. The van der Waals surface area contributed by atoms with E-state index < -0.39 is 0 Å². The number of thiophene rings is 2. The van der Waals surface area contributed by atoms with Crippen LogP contribution in [0.25, 0.3) is 0 Å². The molecule has 0 saturated carbocycles. The molecule has 2 aromatic heterocycles. The summed E-state index contributed by atoms with van der Waals surface area (Å²) in [7, 11) is 1.43. The molecule has 2 aromatic rings. The Kier molecular flexibility index (Phi) is 5.34. The highest BCUT2D eigenvalue weighted by Gasteiger charge is 2.21. The summed E-state index contributed by atoms with van der Waals surface area (Å²) >= 11 is 3.41. The molecular weight excluding hydrogens is 290 g/mol. The number of carbonyl (C=O) groups excluding carboxylic acids is 1. The largest absolute Gasteiger partial charge is 0.469 e. The number of rotatable bonds is 6. The van der Waals surface area contributed by atoms with Crippen LogP contribution in [0.3, 0.4) is 0 Å². The fourth-order valence-corrected chi connectivity index (χ4v) is 3.92. The Labute approximate surface area is 127 Å². The lowest BCUT2D eigenvalue weighted by Crippen LogP contribution is -2.26. The first-order valence-corrected chi connectivity index (χ1v) is 8.28. The van der Waals surface area contributed by atoms with E-state index in [1.54, 1.807) is 22.7 Å². The van der Waals surface area contributed by atoms with Crippen LogP contribution in [0.2, 0.25) is 0 Å². The fraction of sp³-hybridized carbons (Fsp3) is 0.400. The molecule has 2 heterocycles. The van der Waals surface area contributed by atoms with Crippen LogP contribution < -0.4 is 5.32 Å². The van der Waals surface area contributed by atoms with Crippen molar-refractivity contribution in [3.8, 4) is 0 Å². The van der Waals surface area contributed by atoms with Gasteiger partial charge in [0, 0.05) is 15.8 Å². The molecule has 20 heavy (non-hydrogen) atoms. The second-order valence-corrected chi connectivity index (χ2v) is 6.63. The number of aryl methyl sites for hydroxylation is 1. The predicted molar refractivity (Wildman–Crippen MR) is 84.3 cm³/mol. The molecule has 0 fully saturated rings. The first kappa shape index (κ1) is 15.2. The van der Waals surface area contributed by atoms with Crippen molar-refractivity contribution < 1.29 is 9.53 Å². The molecule has 0 aliphatic rings. The number of methoxy groups -OCH3 is 1. The number of esters is 1. The molecule has 108 valence electrons. The number of ether oxygens (including phenoxy) is 1. The molecular formula is C15H19NO2S2. The van der Waals surface area contributed by atoms with Gasteiger partial charge in [-0.15, -0.1) is 22.7 Å². The zero-order valence-electron chi connectivity index (χ0n) is 11.9. The molecule has 0 radical (unpaired) electrons. The second kappa shape index (κ2) is 7.02. The fourth-order valence-electron chi connectivity index (χ4n) is 2.19. The summed E-state index contributed by atoms with van der Waals surface area (Å²) in [6, 6.07) is 6.40. The van der Waals surface area contributed by atoms with Gasteiger partial charge in [0.25, 0.3) is 0 Å². The van der Waals surface area contributed by atoms with E-state index in [2.05, 4.69) is 36.7 Å². The molecule has 0 spiro atoms. The minimum atomic E-state index is -0.189. The molecule has 5 heteroatoms. The van der Waals surface area contributed by atoms with E-state index in [-0.39, 0.29) is 18.1 Å². The van der Waals surface area contributed by atoms with Gasteiger partial charge in [-0.2, -0.15) is 0 Å². The molecule has 2 atom stereocenters. The molecule has 2 unspecified atom stereocenters. The Hall–Kier alpha value is -1.17. The molecule has 0 bridgehead atoms. The minimum absolute atomic E-state index is 0.000972.